The SMILES string of the molecule is CC(C)N1CCc2c(C(=O)N(C)C)c3nc(-c4ccccc4)cnn3c2C1. The van der Waals surface area contributed by atoms with Crippen LogP contribution in [0.25, 0.3) is 16.9 Å². The van der Waals surface area contributed by atoms with E-state index < -0.39 is 0 Å². The number of hydrogen-bond donors (Lipinski definition) is 0. The molecule has 0 saturated heterocycles. The van der Waals surface area contributed by atoms with Crippen LogP contribution >= 0.6 is 0 Å². The van der Waals surface area contributed by atoms with Crippen LogP contribution in [0.3, 0.4) is 0 Å². The fourth-order valence-corrected chi connectivity index (χ4v) is 3.72. The highest BCUT2D eigenvalue weighted by atomic mass is 16.2. The number of fused-ring (bicyclic) bond motifs is 3. The minimum Gasteiger partial charge on any atom is -0.345 e. The lowest BCUT2D eigenvalue weighted by atomic mass is 10.0. The molecule has 0 aliphatic carbocycles. The van der Waals surface area contributed by atoms with E-state index in [-0.39, 0.29) is 5.91 Å². The third kappa shape index (κ3) is 3.00. The molecule has 6 heteroatoms. The summed E-state index contributed by atoms with van der Waals surface area (Å²) >= 11 is 0. The molecule has 0 saturated carbocycles. The third-order valence-corrected chi connectivity index (χ3v) is 5.27. The molecule has 140 valence electrons. The van der Waals surface area contributed by atoms with E-state index in [4.69, 9.17) is 4.98 Å². The summed E-state index contributed by atoms with van der Waals surface area (Å²) in [6, 6.07) is 10.4. The Morgan fingerprint density at radius 1 is 1.19 bits per heavy atom. The molecule has 2 aromatic heterocycles. The number of amides is 1. The van der Waals surface area contributed by atoms with E-state index in [0.29, 0.717) is 17.3 Å². The third-order valence-electron chi connectivity index (χ3n) is 5.27. The molecule has 27 heavy (non-hydrogen) atoms. The van der Waals surface area contributed by atoms with Crippen molar-refractivity contribution in [1.82, 2.24) is 24.4 Å². The van der Waals surface area contributed by atoms with Gasteiger partial charge in [-0.3, -0.25) is 9.69 Å². The molecule has 1 aliphatic rings. The summed E-state index contributed by atoms with van der Waals surface area (Å²) in [4.78, 5) is 21.9. The Morgan fingerprint density at radius 3 is 2.59 bits per heavy atom. The molecule has 1 aromatic carbocycles. The van der Waals surface area contributed by atoms with Crippen LogP contribution in [0.2, 0.25) is 0 Å². The molecule has 1 amide bonds. The minimum absolute atomic E-state index is 0.00809. The van der Waals surface area contributed by atoms with Crippen molar-refractivity contribution < 1.29 is 4.79 Å². The normalized spacial score (nSPS) is 14.6. The number of aromatic nitrogens is 3. The van der Waals surface area contributed by atoms with Crippen LogP contribution in [0.15, 0.2) is 36.5 Å². The fourth-order valence-electron chi connectivity index (χ4n) is 3.72. The van der Waals surface area contributed by atoms with E-state index in [1.807, 2.05) is 34.8 Å². The van der Waals surface area contributed by atoms with E-state index in [2.05, 4.69) is 23.8 Å². The maximum atomic E-state index is 13.0. The first-order valence-corrected chi connectivity index (χ1v) is 9.38. The second-order valence-electron chi connectivity index (χ2n) is 7.56. The molecule has 0 atom stereocenters. The zero-order valence-corrected chi connectivity index (χ0v) is 16.3. The van der Waals surface area contributed by atoms with Crippen LogP contribution in [-0.4, -0.2) is 57.0 Å². The largest absolute Gasteiger partial charge is 0.345 e. The van der Waals surface area contributed by atoms with E-state index in [0.717, 1.165) is 42.0 Å². The zero-order valence-electron chi connectivity index (χ0n) is 16.3. The van der Waals surface area contributed by atoms with Gasteiger partial charge in [-0.2, -0.15) is 5.10 Å². The van der Waals surface area contributed by atoms with Gasteiger partial charge >= 0.3 is 0 Å². The summed E-state index contributed by atoms with van der Waals surface area (Å²) in [5, 5.41) is 4.68. The van der Waals surface area contributed by atoms with Gasteiger partial charge in [-0.25, -0.2) is 9.50 Å². The number of hydrogen-bond acceptors (Lipinski definition) is 4. The van der Waals surface area contributed by atoms with Gasteiger partial charge in [0.2, 0.25) is 0 Å². The lowest BCUT2D eigenvalue weighted by molar-refractivity contribution is 0.0827. The van der Waals surface area contributed by atoms with Gasteiger partial charge in [0.25, 0.3) is 5.91 Å². The number of nitrogens with zero attached hydrogens (tertiary/aromatic N) is 5. The first-order valence-electron chi connectivity index (χ1n) is 9.38. The highest BCUT2D eigenvalue weighted by Gasteiger charge is 2.31. The molecule has 3 aromatic rings. The van der Waals surface area contributed by atoms with Gasteiger partial charge < -0.3 is 4.90 Å². The Balaban J connectivity index is 1.93. The number of rotatable bonds is 3. The Kier molecular flexibility index (Phi) is 4.44. The van der Waals surface area contributed by atoms with Crippen LogP contribution in [-0.2, 0) is 13.0 Å². The molecular weight excluding hydrogens is 338 g/mol. The topological polar surface area (TPSA) is 53.7 Å². The summed E-state index contributed by atoms with van der Waals surface area (Å²) in [5.41, 5.74) is 5.32. The van der Waals surface area contributed by atoms with Gasteiger partial charge in [-0.15, -0.1) is 0 Å². The predicted octanol–water partition coefficient (Wildman–Crippen LogP) is 2.86. The first kappa shape index (κ1) is 17.7. The van der Waals surface area contributed by atoms with Crippen molar-refractivity contribution in [1.29, 1.82) is 0 Å². The summed E-state index contributed by atoms with van der Waals surface area (Å²) in [5.74, 6) is -0.00809. The summed E-state index contributed by atoms with van der Waals surface area (Å²) in [6.07, 6.45) is 2.63. The highest BCUT2D eigenvalue weighted by molar-refractivity contribution is 6.02. The molecule has 0 unspecified atom stereocenters. The van der Waals surface area contributed by atoms with Crippen LogP contribution in [0.5, 0.6) is 0 Å². The molecule has 0 N–H and O–H groups in total. The van der Waals surface area contributed by atoms with Crippen molar-refractivity contribution in [2.75, 3.05) is 20.6 Å². The van der Waals surface area contributed by atoms with Crippen molar-refractivity contribution >= 4 is 11.6 Å². The molecule has 0 bridgehead atoms. The number of benzene rings is 1. The zero-order chi connectivity index (χ0) is 19.1. The lowest BCUT2D eigenvalue weighted by Crippen LogP contribution is -2.36. The Labute approximate surface area is 159 Å². The van der Waals surface area contributed by atoms with Crippen LogP contribution < -0.4 is 0 Å². The Hall–Kier alpha value is -2.73. The van der Waals surface area contributed by atoms with Gasteiger partial charge in [0.1, 0.15) is 0 Å². The number of carbonyl (C=O) groups excluding carboxylic acids is 1. The smallest absolute Gasteiger partial charge is 0.257 e. The highest BCUT2D eigenvalue weighted by Crippen LogP contribution is 2.30. The van der Waals surface area contributed by atoms with E-state index in [9.17, 15) is 4.79 Å². The van der Waals surface area contributed by atoms with Gasteiger partial charge in [0.15, 0.2) is 5.65 Å². The summed E-state index contributed by atoms with van der Waals surface area (Å²) < 4.78 is 1.87. The molecule has 4 rings (SSSR count). The minimum atomic E-state index is -0.00809. The van der Waals surface area contributed by atoms with Crippen LogP contribution in [0.4, 0.5) is 0 Å². The van der Waals surface area contributed by atoms with Crippen molar-refractivity contribution in [3.63, 3.8) is 0 Å². The van der Waals surface area contributed by atoms with Gasteiger partial charge in [0.05, 0.1) is 23.1 Å². The Morgan fingerprint density at radius 2 is 1.93 bits per heavy atom. The maximum Gasteiger partial charge on any atom is 0.257 e. The van der Waals surface area contributed by atoms with E-state index in [1.54, 1.807) is 25.2 Å². The van der Waals surface area contributed by atoms with Crippen molar-refractivity contribution in [3.8, 4) is 11.3 Å². The average Bonchev–Trinajstić information content (AvgIpc) is 3.00. The summed E-state index contributed by atoms with van der Waals surface area (Å²) in [6.45, 7) is 6.13. The fraction of sp³-hybridized carbons (Fsp3) is 0.381. The quantitative estimate of drug-likeness (QED) is 0.718. The molecule has 6 nitrogen and oxygen atoms in total. The average molecular weight is 363 g/mol. The summed E-state index contributed by atoms with van der Waals surface area (Å²) in [7, 11) is 3.58. The monoisotopic (exact) mass is 363 g/mol. The molecule has 0 spiro atoms. The predicted molar refractivity (Wildman–Crippen MR) is 106 cm³/mol. The van der Waals surface area contributed by atoms with E-state index in [1.165, 1.54) is 0 Å². The first-order chi connectivity index (χ1) is 13.0. The van der Waals surface area contributed by atoms with Gasteiger partial charge in [-0.05, 0) is 25.8 Å². The molecular formula is C21H25N5O. The molecule has 0 fully saturated rings. The second kappa shape index (κ2) is 6.78. The van der Waals surface area contributed by atoms with Gasteiger partial charge in [-0.1, -0.05) is 30.3 Å². The standard InChI is InChI=1S/C21H25N5O/c1-14(2)25-11-10-16-18(13-25)26-20(19(16)21(27)24(3)4)23-17(12-22-26)15-8-6-5-7-9-15/h5-9,12,14H,10-11,13H2,1-4H3. The second-order valence-corrected chi connectivity index (χ2v) is 7.56. The lowest BCUT2D eigenvalue weighted by Gasteiger charge is -2.30. The molecule has 0 radical (unpaired) electrons. The van der Waals surface area contributed by atoms with Crippen molar-refractivity contribution in [2.24, 2.45) is 0 Å². The van der Waals surface area contributed by atoms with Crippen molar-refractivity contribution in [3.05, 3.63) is 53.3 Å². The van der Waals surface area contributed by atoms with E-state index >= 15 is 0 Å². The number of carbonyl (C=O) groups is 1. The van der Waals surface area contributed by atoms with Gasteiger partial charge in [0, 0.05) is 38.8 Å². The van der Waals surface area contributed by atoms with Crippen LogP contribution in [0.1, 0.15) is 35.5 Å². The molecule has 1 aliphatic heterocycles. The van der Waals surface area contributed by atoms with Crippen molar-refractivity contribution in [2.45, 2.75) is 32.9 Å². The van der Waals surface area contributed by atoms with Crippen LogP contribution in [0, 0.1) is 0 Å². The Bertz CT molecular complexity index is 991. The maximum absolute atomic E-state index is 13.0. The molecule has 3 heterocycles.